The molecule has 0 saturated heterocycles. The highest BCUT2D eigenvalue weighted by Gasteiger charge is 2.18. The molecule has 1 atom stereocenters. The summed E-state index contributed by atoms with van der Waals surface area (Å²) >= 11 is 1.33. The van der Waals surface area contributed by atoms with E-state index in [9.17, 15) is 4.79 Å². The van der Waals surface area contributed by atoms with Gasteiger partial charge < -0.3 is 14.8 Å². The summed E-state index contributed by atoms with van der Waals surface area (Å²) in [5.74, 6) is 2.71. The Labute approximate surface area is 215 Å². The van der Waals surface area contributed by atoms with Crippen LogP contribution in [0.4, 0.5) is 5.69 Å². The second-order valence-electron chi connectivity index (χ2n) is 8.34. The molecule has 1 heterocycles. The van der Waals surface area contributed by atoms with Gasteiger partial charge in [0, 0.05) is 16.9 Å². The number of thioether (sulfide) groups is 1. The number of nitrogens with one attached hydrogen (secondary N) is 1. The minimum atomic E-state index is -0.108. The molecule has 4 aromatic rings. The van der Waals surface area contributed by atoms with Crippen LogP contribution in [0.15, 0.2) is 78.0 Å². The van der Waals surface area contributed by atoms with Crippen LogP contribution in [0, 0.1) is 0 Å². The van der Waals surface area contributed by atoms with Crippen LogP contribution in [0.25, 0.3) is 17.1 Å². The Hall–Kier alpha value is -3.78. The van der Waals surface area contributed by atoms with E-state index in [0.717, 1.165) is 34.9 Å². The van der Waals surface area contributed by atoms with Crippen LogP contribution in [0.2, 0.25) is 0 Å². The van der Waals surface area contributed by atoms with Gasteiger partial charge in [0.1, 0.15) is 11.5 Å². The number of carbonyl (C=O) groups excluding carboxylic acids is 1. The number of hydrogen-bond acceptors (Lipinski definition) is 6. The SMILES string of the molecule is CC[C@H](C)c1ccc(NC(=O)CSc2nnc(-c3cccc(OC)c3)n2-c2ccc(OC)cc2)cc1. The summed E-state index contributed by atoms with van der Waals surface area (Å²) in [6.07, 6.45) is 1.08. The first-order valence-electron chi connectivity index (χ1n) is 11.8. The average molecular weight is 503 g/mol. The summed E-state index contributed by atoms with van der Waals surface area (Å²) in [5, 5.41) is 12.4. The van der Waals surface area contributed by atoms with E-state index in [1.807, 2.05) is 65.2 Å². The molecule has 4 rings (SSSR count). The van der Waals surface area contributed by atoms with Crippen molar-refractivity contribution in [3.63, 3.8) is 0 Å². The molecule has 0 unspecified atom stereocenters. The molecule has 186 valence electrons. The molecule has 8 heteroatoms. The monoisotopic (exact) mass is 502 g/mol. The Bertz CT molecular complexity index is 1300. The van der Waals surface area contributed by atoms with Crippen molar-refractivity contribution >= 4 is 23.4 Å². The molecule has 0 aliphatic heterocycles. The first-order valence-corrected chi connectivity index (χ1v) is 12.8. The third kappa shape index (κ3) is 5.88. The van der Waals surface area contributed by atoms with Gasteiger partial charge in [0.25, 0.3) is 0 Å². The Balaban J connectivity index is 1.55. The maximum atomic E-state index is 12.7. The van der Waals surface area contributed by atoms with Crippen molar-refractivity contribution in [1.82, 2.24) is 14.8 Å². The first kappa shape index (κ1) is 25.3. The highest BCUT2D eigenvalue weighted by atomic mass is 32.2. The van der Waals surface area contributed by atoms with Gasteiger partial charge >= 0.3 is 0 Å². The number of amides is 1. The number of carbonyl (C=O) groups is 1. The minimum absolute atomic E-state index is 0.108. The van der Waals surface area contributed by atoms with E-state index in [1.54, 1.807) is 14.2 Å². The fourth-order valence-corrected chi connectivity index (χ4v) is 4.49. The maximum absolute atomic E-state index is 12.7. The molecule has 1 N–H and O–H groups in total. The van der Waals surface area contributed by atoms with Gasteiger partial charge in [0.2, 0.25) is 5.91 Å². The molecule has 0 aliphatic rings. The van der Waals surface area contributed by atoms with E-state index < -0.39 is 0 Å². The zero-order chi connectivity index (χ0) is 25.5. The molecule has 0 spiro atoms. The van der Waals surface area contributed by atoms with Crippen LogP contribution in [0.1, 0.15) is 31.7 Å². The molecular weight excluding hydrogens is 472 g/mol. The lowest BCUT2D eigenvalue weighted by molar-refractivity contribution is -0.113. The average Bonchev–Trinajstić information content (AvgIpc) is 3.36. The van der Waals surface area contributed by atoms with E-state index >= 15 is 0 Å². The highest BCUT2D eigenvalue weighted by molar-refractivity contribution is 7.99. The fraction of sp³-hybridized carbons (Fsp3) is 0.250. The van der Waals surface area contributed by atoms with Crippen LogP contribution in [0.3, 0.4) is 0 Å². The number of benzene rings is 3. The zero-order valence-corrected chi connectivity index (χ0v) is 21.7. The normalized spacial score (nSPS) is 11.7. The molecule has 0 bridgehead atoms. The quantitative estimate of drug-likeness (QED) is 0.260. The summed E-state index contributed by atoms with van der Waals surface area (Å²) in [4.78, 5) is 12.7. The molecule has 7 nitrogen and oxygen atoms in total. The predicted octanol–water partition coefficient (Wildman–Crippen LogP) is 6.20. The number of hydrogen-bond donors (Lipinski definition) is 1. The fourth-order valence-electron chi connectivity index (χ4n) is 3.73. The van der Waals surface area contributed by atoms with Gasteiger partial charge in [-0.25, -0.2) is 0 Å². The molecule has 0 radical (unpaired) electrons. The first-order chi connectivity index (χ1) is 17.5. The second kappa shape index (κ2) is 11.8. The van der Waals surface area contributed by atoms with Gasteiger partial charge in [-0.1, -0.05) is 49.9 Å². The van der Waals surface area contributed by atoms with Crippen LogP contribution >= 0.6 is 11.8 Å². The van der Waals surface area contributed by atoms with Gasteiger partial charge in [0.05, 0.1) is 20.0 Å². The molecule has 0 saturated carbocycles. The second-order valence-corrected chi connectivity index (χ2v) is 9.28. The number of methoxy groups -OCH3 is 2. The number of rotatable bonds is 10. The summed E-state index contributed by atoms with van der Waals surface area (Å²) in [6.45, 7) is 4.37. The van der Waals surface area contributed by atoms with Crippen molar-refractivity contribution in [3.05, 3.63) is 78.4 Å². The largest absolute Gasteiger partial charge is 0.497 e. The molecule has 1 aromatic heterocycles. The standard InChI is InChI=1S/C28H30N4O3S/c1-5-19(2)20-9-11-22(12-10-20)29-26(33)18-36-28-31-30-27(21-7-6-8-25(17-21)35-4)32(28)23-13-15-24(34-3)16-14-23/h6-17,19H,5,18H2,1-4H3,(H,29,33)/t19-/m0/s1. The van der Waals surface area contributed by atoms with Crippen LogP contribution in [-0.2, 0) is 4.79 Å². The predicted molar refractivity (Wildman–Crippen MR) is 144 cm³/mol. The lowest BCUT2D eigenvalue weighted by Gasteiger charge is -2.12. The number of aromatic nitrogens is 3. The van der Waals surface area contributed by atoms with E-state index in [0.29, 0.717) is 16.9 Å². The third-order valence-electron chi connectivity index (χ3n) is 6.00. The summed E-state index contributed by atoms with van der Waals surface area (Å²) in [5.41, 5.74) is 3.77. The third-order valence-corrected chi connectivity index (χ3v) is 6.93. The van der Waals surface area contributed by atoms with E-state index in [4.69, 9.17) is 9.47 Å². The lowest BCUT2D eigenvalue weighted by Crippen LogP contribution is -2.14. The van der Waals surface area contributed by atoms with Crippen molar-refractivity contribution in [2.45, 2.75) is 31.3 Å². The Morgan fingerprint density at radius 3 is 2.36 bits per heavy atom. The van der Waals surface area contributed by atoms with E-state index in [-0.39, 0.29) is 11.7 Å². The van der Waals surface area contributed by atoms with Crippen LogP contribution < -0.4 is 14.8 Å². The lowest BCUT2D eigenvalue weighted by atomic mass is 9.99. The van der Waals surface area contributed by atoms with Gasteiger partial charge in [-0.2, -0.15) is 0 Å². The van der Waals surface area contributed by atoms with Crippen molar-refractivity contribution in [2.24, 2.45) is 0 Å². The Morgan fingerprint density at radius 2 is 1.69 bits per heavy atom. The summed E-state index contributed by atoms with van der Waals surface area (Å²) in [6, 6.07) is 23.3. The number of anilines is 1. The number of nitrogens with zero attached hydrogens (tertiary/aromatic N) is 3. The van der Waals surface area contributed by atoms with Crippen LogP contribution in [-0.4, -0.2) is 40.6 Å². The van der Waals surface area contributed by atoms with Crippen LogP contribution in [0.5, 0.6) is 11.5 Å². The minimum Gasteiger partial charge on any atom is -0.497 e. The van der Waals surface area contributed by atoms with Crippen molar-refractivity contribution in [3.8, 4) is 28.6 Å². The molecule has 0 aliphatic carbocycles. The molecule has 3 aromatic carbocycles. The Morgan fingerprint density at radius 1 is 0.972 bits per heavy atom. The van der Waals surface area contributed by atoms with E-state index in [1.165, 1.54) is 17.3 Å². The molecule has 0 fully saturated rings. The van der Waals surface area contributed by atoms with Crippen molar-refractivity contribution < 1.29 is 14.3 Å². The zero-order valence-electron chi connectivity index (χ0n) is 20.9. The highest BCUT2D eigenvalue weighted by Crippen LogP contribution is 2.30. The Kier molecular flexibility index (Phi) is 8.28. The molecule has 1 amide bonds. The number of ether oxygens (including phenoxy) is 2. The van der Waals surface area contributed by atoms with Gasteiger partial charge in [-0.3, -0.25) is 9.36 Å². The summed E-state index contributed by atoms with van der Waals surface area (Å²) < 4.78 is 12.6. The van der Waals surface area contributed by atoms with Gasteiger partial charge in [0.15, 0.2) is 11.0 Å². The maximum Gasteiger partial charge on any atom is 0.234 e. The smallest absolute Gasteiger partial charge is 0.234 e. The van der Waals surface area contributed by atoms with Gasteiger partial charge in [-0.15, -0.1) is 10.2 Å². The van der Waals surface area contributed by atoms with E-state index in [2.05, 4.69) is 41.5 Å². The van der Waals surface area contributed by atoms with Gasteiger partial charge in [-0.05, 0) is 66.4 Å². The van der Waals surface area contributed by atoms with Crippen molar-refractivity contribution in [2.75, 3.05) is 25.3 Å². The molecule has 36 heavy (non-hydrogen) atoms. The topological polar surface area (TPSA) is 78.3 Å². The van der Waals surface area contributed by atoms with Crippen molar-refractivity contribution in [1.29, 1.82) is 0 Å². The molecular formula is C28H30N4O3S. The summed E-state index contributed by atoms with van der Waals surface area (Å²) in [7, 11) is 3.26.